The number of hydrogen-bond acceptors (Lipinski definition) is 6. The minimum atomic E-state index is -4.67. The maximum Gasteiger partial charge on any atom is 0.394 e. The van der Waals surface area contributed by atoms with Crippen LogP contribution in [0.15, 0.2) is 0 Å². The van der Waals surface area contributed by atoms with Crippen molar-refractivity contribution in [2.45, 2.75) is 0 Å². The molecule has 0 aromatic carbocycles. The van der Waals surface area contributed by atoms with Crippen molar-refractivity contribution in [3.8, 4) is 0 Å². The predicted molar refractivity (Wildman–Crippen MR) is 56.2 cm³/mol. The van der Waals surface area contributed by atoms with E-state index in [2.05, 4.69) is 21.4 Å². The van der Waals surface area contributed by atoms with E-state index in [1.807, 2.05) is 0 Å². The van der Waals surface area contributed by atoms with E-state index in [0.29, 0.717) is 0 Å². The van der Waals surface area contributed by atoms with E-state index in [1.165, 1.54) is 0 Å². The largest absolute Gasteiger partial charge is 0.394 e. The van der Waals surface area contributed by atoms with Crippen molar-refractivity contribution in [2.75, 3.05) is 0 Å². The molecule has 0 aromatic heterocycles. The molecule has 0 aliphatic heterocycles. The minimum absolute atomic E-state index is 0. The van der Waals surface area contributed by atoms with Crippen LogP contribution in [-0.4, -0.2) is 43.5 Å². The summed E-state index contributed by atoms with van der Waals surface area (Å²) >= 11 is 0. The van der Waals surface area contributed by atoms with E-state index in [1.54, 1.807) is 0 Å². The van der Waals surface area contributed by atoms with Gasteiger partial charge < -0.3 is 0 Å². The maximum atomic E-state index is 9.16. The Balaban J connectivity index is -0.0000000277. The third kappa shape index (κ3) is 1900. The van der Waals surface area contributed by atoms with Crippen LogP contribution in [0, 0.1) is 0 Å². The summed E-state index contributed by atoms with van der Waals surface area (Å²) in [6.45, 7) is 0. The molecular weight excluding hydrogens is 490 g/mol. The molecule has 0 saturated carbocycles. The van der Waals surface area contributed by atoms with Crippen molar-refractivity contribution in [3.05, 3.63) is 0 Å². The fourth-order valence-corrected chi connectivity index (χ4v) is 0. The van der Waals surface area contributed by atoms with Crippen LogP contribution in [-0.2, 0) is 63.2 Å². The standard InChI is InChI=1S/Cl2O2S.ClH.2Cu.2H2O4S/c1-5(2,3)4;;;;2*1-5(2,3)4/h;1H;;;2*(H2,1,2,3,4). The molecule has 0 rings (SSSR count). The summed E-state index contributed by atoms with van der Waals surface area (Å²) in [5.41, 5.74) is 0. The monoisotopic (exact) mass is 492 g/mol. The fraction of sp³-hybridized carbons (Fsp3) is 0. The van der Waals surface area contributed by atoms with Gasteiger partial charge in [0.15, 0.2) is 0 Å². The molecule has 18 heteroatoms. The second kappa shape index (κ2) is 15.0. The SMILES string of the molecule is Cl.O=S(=O)(Cl)Cl.O=S(=O)(O)O.O=S(=O)(O)O.[Cu].[Cu]. The second-order valence-corrected chi connectivity index (χ2v) is 6.73. The van der Waals surface area contributed by atoms with E-state index in [4.69, 9.17) is 43.5 Å². The van der Waals surface area contributed by atoms with Gasteiger partial charge in [-0.15, -0.1) is 12.4 Å². The zero-order valence-corrected chi connectivity index (χ0v) is 13.9. The zero-order chi connectivity index (χ0) is 13.5. The van der Waals surface area contributed by atoms with E-state index in [9.17, 15) is 0 Å². The predicted octanol–water partition coefficient (Wildman–Crippen LogP) is -0.180. The van der Waals surface area contributed by atoms with Gasteiger partial charge in [-0.2, -0.15) is 25.3 Å². The van der Waals surface area contributed by atoms with Gasteiger partial charge in [0, 0.05) is 55.5 Å². The first kappa shape index (κ1) is 36.7. The molecule has 0 aliphatic rings. The van der Waals surface area contributed by atoms with Gasteiger partial charge in [0.2, 0.25) is 0 Å². The minimum Gasteiger partial charge on any atom is -0.264 e. The van der Waals surface area contributed by atoms with E-state index >= 15 is 0 Å². The van der Waals surface area contributed by atoms with Crippen molar-refractivity contribution in [1.29, 1.82) is 0 Å². The van der Waals surface area contributed by atoms with Gasteiger partial charge in [-0.25, -0.2) is 0 Å². The third-order valence-corrected chi connectivity index (χ3v) is 0. The van der Waals surface area contributed by atoms with Crippen LogP contribution in [0.2, 0.25) is 0 Å². The molecule has 2 radical (unpaired) electrons. The molecule has 0 bridgehead atoms. The molecule has 0 atom stereocenters. The molecular formula is H5Cl3Cu2O10S3. The van der Waals surface area contributed by atoms with Gasteiger partial charge in [0.25, 0.3) is 0 Å². The van der Waals surface area contributed by atoms with Crippen LogP contribution in [0.4, 0.5) is 0 Å². The van der Waals surface area contributed by atoms with Crippen molar-refractivity contribution in [1.82, 2.24) is 0 Å². The number of rotatable bonds is 0. The Hall–Kier alpha value is 1.60. The van der Waals surface area contributed by atoms with Crippen LogP contribution in [0.1, 0.15) is 0 Å². The summed E-state index contributed by atoms with van der Waals surface area (Å²) in [4.78, 5) is 0. The average molecular weight is 495 g/mol. The van der Waals surface area contributed by atoms with Gasteiger partial charge in [0.05, 0.1) is 0 Å². The third-order valence-electron chi connectivity index (χ3n) is 0. The number of hydrogen-bond donors (Lipinski definition) is 4. The van der Waals surface area contributed by atoms with Crippen LogP contribution >= 0.6 is 33.8 Å². The van der Waals surface area contributed by atoms with Crippen LogP contribution < -0.4 is 0 Å². The van der Waals surface area contributed by atoms with Crippen molar-refractivity contribution < 1.29 is 77.6 Å². The smallest absolute Gasteiger partial charge is 0.264 e. The Morgan fingerprint density at radius 2 is 0.611 bits per heavy atom. The summed E-state index contributed by atoms with van der Waals surface area (Å²) < 4.78 is 81.5. The van der Waals surface area contributed by atoms with Gasteiger partial charge in [0.1, 0.15) is 0 Å². The second-order valence-electron chi connectivity index (χ2n) is 1.27. The Kier molecular flexibility index (Phi) is 30.5. The Labute approximate surface area is 139 Å². The molecule has 0 heterocycles. The first-order chi connectivity index (χ1) is 6.00. The number of halogens is 3. The Bertz CT molecular complexity index is 351. The molecule has 18 heavy (non-hydrogen) atoms. The van der Waals surface area contributed by atoms with E-state index in [-0.39, 0.29) is 46.5 Å². The van der Waals surface area contributed by atoms with Gasteiger partial charge >= 0.3 is 29.1 Å². The molecule has 4 N–H and O–H groups in total. The van der Waals surface area contributed by atoms with E-state index in [0.717, 1.165) is 0 Å². The maximum absolute atomic E-state index is 9.16. The summed E-state index contributed by atoms with van der Waals surface area (Å²) in [5, 5.41) is 0. The zero-order valence-electron chi connectivity index (χ0n) is 7.23. The quantitative estimate of drug-likeness (QED) is 0.200. The molecule has 0 saturated heterocycles. The molecule has 126 valence electrons. The molecule has 0 amide bonds. The van der Waals surface area contributed by atoms with Gasteiger partial charge in [-0.1, -0.05) is 0 Å². The first-order valence-corrected chi connectivity index (χ1v) is 7.97. The summed E-state index contributed by atoms with van der Waals surface area (Å²) in [6, 6.07) is 0. The summed E-state index contributed by atoms with van der Waals surface area (Å²) in [5.74, 6) is 0. The van der Waals surface area contributed by atoms with E-state index < -0.39 is 29.1 Å². The van der Waals surface area contributed by atoms with Gasteiger partial charge in [-0.3, -0.25) is 18.2 Å². The molecule has 0 unspecified atom stereocenters. The molecule has 0 spiro atoms. The fourth-order valence-electron chi connectivity index (χ4n) is 0. The van der Waals surface area contributed by atoms with Crippen LogP contribution in [0.5, 0.6) is 0 Å². The molecule has 10 nitrogen and oxygen atoms in total. The average Bonchev–Trinajstić information content (AvgIpc) is 1.41. The molecule has 0 aromatic rings. The molecule has 0 fully saturated rings. The Morgan fingerprint density at radius 3 is 0.611 bits per heavy atom. The van der Waals surface area contributed by atoms with Crippen molar-refractivity contribution in [2.24, 2.45) is 0 Å². The van der Waals surface area contributed by atoms with Crippen molar-refractivity contribution in [3.63, 3.8) is 0 Å². The summed E-state index contributed by atoms with van der Waals surface area (Å²) in [6.07, 6.45) is 0. The van der Waals surface area contributed by atoms with Crippen LogP contribution in [0.3, 0.4) is 0 Å². The normalized spacial score (nSPS) is 9.67. The van der Waals surface area contributed by atoms with Crippen LogP contribution in [0.25, 0.3) is 0 Å². The summed E-state index contributed by atoms with van der Waals surface area (Å²) in [7, 11) is -4.52. The van der Waals surface area contributed by atoms with Gasteiger partial charge in [-0.05, 0) is 0 Å². The molecule has 0 aliphatic carbocycles. The first-order valence-electron chi connectivity index (χ1n) is 2.04. The topological polar surface area (TPSA) is 183 Å². The van der Waals surface area contributed by atoms with Crippen molar-refractivity contribution >= 4 is 62.8 Å². The Morgan fingerprint density at radius 1 is 0.611 bits per heavy atom.